The highest BCUT2D eigenvalue weighted by molar-refractivity contribution is 5.86. The van der Waals surface area contributed by atoms with Crippen molar-refractivity contribution in [3.05, 3.63) is 72.8 Å². The Kier molecular flexibility index (Phi) is 2.19. The summed E-state index contributed by atoms with van der Waals surface area (Å²) < 4.78 is 0. The molecule has 0 amide bonds. The van der Waals surface area contributed by atoms with Crippen LogP contribution in [0.2, 0.25) is 0 Å². The van der Waals surface area contributed by atoms with E-state index in [1.165, 1.54) is 22.3 Å². The third-order valence-electron chi connectivity index (χ3n) is 2.88. The molecule has 0 saturated carbocycles. The zero-order chi connectivity index (χ0) is 10.8. The van der Waals surface area contributed by atoms with Crippen molar-refractivity contribution in [1.29, 1.82) is 0 Å². The maximum atomic E-state index is 2.19. The van der Waals surface area contributed by atoms with E-state index in [-0.39, 0.29) is 0 Å². The lowest BCUT2D eigenvalue weighted by Crippen LogP contribution is -1.75. The standard InChI is InChI=1S/C16H12/c1-3-7-13(8-4-1)16-12-11-14-9-5-2-6-10-15(14)16/h1-12H. The van der Waals surface area contributed by atoms with Gasteiger partial charge in [0.05, 0.1) is 0 Å². The van der Waals surface area contributed by atoms with Crippen molar-refractivity contribution >= 4 is 0 Å². The molecule has 0 fully saturated rings. The summed E-state index contributed by atoms with van der Waals surface area (Å²) in [6.07, 6.45) is 0. The molecule has 0 heteroatoms. The van der Waals surface area contributed by atoms with Gasteiger partial charge in [-0.15, -0.1) is 0 Å². The van der Waals surface area contributed by atoms with E-state index in [2.05, 4.69) is 72.8 Å². The highest BCUT2D eigenvalue weighted by atomic mass is 14.1. The summed E-state index contributed by atoms with van der Waals surface area (Å²) in [6.45, 7) is 0. The second-order valence-electron chi connectivity index (χ2n) is 3.89. The maximum absolute atomic E-state index is 2.19. The molecule has 0 unspecified atom stereocenters. The second-order valence-corrected chi connectivity index (χ2v) is 3.89. The summed E-state index contributed by atoms with van der Waals surface area (Å²) >= 11 is 0. The predicted octanol–water partition coefficient (Wildman–Crippen LogP) is 4.46. The van der Waals surface area contributed by atoms with Crippen LogP contribution in [0.1, 0.15) is 0 Å². The lowest BCUT2D eigenvalue weighted by atomic mass is 10.0. The number of hydrogen-bond acceptors (Lipinski definition) is 0. The summed E-state index contributed by atoms with van der Waals surface area (Å²) in [7, 11) is 0. The molecule has 1 aromatic rings. The molecule has 76 valence electrons. The summed E-state index contributed by atoms with van der Waals surface area (Å²) in [4.78, 5) is 0. The fourth-order valence-electron chi connectivity index (χ4n) is 2.08. The molecule has 0 saturated heterocycles. The Labute approximate surface area is 95.5 Å². The quantitative estimate of drug-likeness (QED) is 0.549. The molecule has 0 aliphatic heterocycles. The van der Waals surface area contributed by atoms with Crippen LogP contribution < -0.4 is 0 Å². The first kappa shape index (κ1) is 9.17. The fraction of sp³-hybridized carbons (Fsp3) is 0. The number of rotatable bonds is 1. The minimum absolute atomic E-state index is 1.28. The van der Waals surface area contributed by atoms with Gasteiger partial charge in [-0.3, -0.25) is 0 Å². The Morgan fingerprint density at radius 3 is 1.56 bits per heavy atom. The fourth-order valence-corrected chi connectivity index (χ4v) is 2.08. The van der Waals surface area contributed by atoms with E-state index < -0.39 is 0 Å². The van der Waals surface area contributed by atoms with Crippen LogP contribution in [0.25, 0.3) is 22.3 Å². The molecule has 2 aliphatic rings. The first-order valence-electron chi connectivity index (χ1n) is 5.48. The molecule has 16 heavy (non-hydrogen) atoms. The molecule has 0 N–H and O–H groups in total. The lowest BCUT2D eigenvalue weighted by molar-refractivity contribution is 1.67. The van der Waals surface area contributed by atoms with Gasteiger partial charge in [-0.05, 0) is 22.3 Å². The third-order valence-corrected chi connectivity index (χ3v) is 2.88. The average Bonchev–Trinajstić information content (AvgIpc) is 2.60. The Bertz CT molecular complexity index is 567. The summed E-state index contributed by atoms with van der Waals surface area (Å²) in [5, 5.41) is 0. The van der Waals surface area contributed by atoms with Crippen LogP contribution in [0.4, 0.5) is 0 Å². The SMILES string of the molecule is c1ccc(-c2ccc3cccccc2-3)cc1. The minimum Gasteiger partial charge on any atom is -0.0622 e. The van der Waals surface area contributed by atoms with Crippen molar-refractivity contribution in [3.63, 3.8) is 0 Å². The molecule has 0 heterocycles. The van der Waals surface area contributed by atoms with Gasteiger partial charge in [-0.25, -0.2) is 0 Å². The van der Waals surface area contributed by atoms with Gasteiger partial charge >= 0.3 is 0 Å². The Hall–Kier alpha value is -2.08. The number of benzene rings is 1. The van der Waals surface area contributed by atoms with E-state index in [0.717, 1.165) is 0 Å². The zero-order valence-corrected chi connectivity index (χ0v) is 8.93. The molecule has 0 atom stereocenters. The van der Waals surface area contributed by atoms with Gasteiger partial charge < -0.3 is 0 Å². The molecule has 0 aromatic heterocycles. The van der Waals surface area contributed by atoms with Crippen LogP contribution in [0.15, 0.2) is 72.8 Å². The minimum atomic E-state index is 1.28. The van der Waals surface area contributed by atoms with Crippen LogP contribution in [0.5, 0.6) is 0 Å². The van der Waals surface area contributed by atoms with Crippen molar-refractivity contribution in [3.8, 4) is 22.3 Å². The second kappa shape index (κ2) is 3.82. The lowest BCUT2D eigenvalue weighted by Gasteiger charge is -2.01. The van der Waals surface area contributed by atoms with Crippen molar-refractivity contribution in [1.82, 2.24) is 0 Å². The average molecular weight is 204 g/mol. The summed E-state index contributed by atoms with van der Waals surface area (Å²) in [5.41, 5.74) is 5.20. The normalized spacial score (nSPS) is 10.5. The molecule has 0 spiro atoms. The van der Waals surface area contributed by atoms with Crippen molar-refractivity contribution in [2.24, 2.45) is 0 Å². The van der Waals surface area contributed by atoms with Gasteiger partial charge in [0.25, 0.3) is 0 Å². The molecule has 0 nitrogen and oxygen atoms in total. The molecule has 0 bridgehead atoms. The Morgan fingerprint density at radius 2 is 0.875 bits per heavy atom. The van der Waals surface area contributed by atoms with Gasteiger partial charge in [-0.2, -0.15) is 0 Å². The zero-order valence-electron chi connectivity index (χ0n) is 8.93. The first-order valence-corrected chi connectivity index (χ1v) is 5.48. The van der Waals surface area contributed by atoms with Crippen molar-refractivity contribution in [2.75, 3.05) is 0 Å². The monoisotopic (exact) mass is 204 g/mol. The molecular weight excluding hydrogens is 192 g/mol. The largest absolute Gasteiger partial charge is 0.0622 e. The van der Waals surface area contributed by atoms with Crippen molar-refractivity contribution < 1.29 is 0 Å². The highest BCUT2D eigenvalue weighted by Gasteiger charge is 2.08. The Balaban J connectivity index is 2.22. The molecule has 0 radical (unpaired) electrons. The van der Waals surface area contributed by atoms with Gasteiger partial charge in [0, 0.05) is 0 Å². The number of hydrogen-bond donors (Lipinski definition) is 0. The van der Waals surface area contributed by atoms with Gasteiger partial charge in [0.1, 0.15) is 0 Å². The van der Waals surface area contributed by atoms with Crippen LogP contribution in [0, 0.1) is 0 Å². The van der Waals surface area contributed by atoms with Gasteiger partial charge in [0.2, 0.25) is 0 Å². The van der Waals surface area contributed by atoms with E-state index in [9.17, 15) is 0 Å². The topological polar surface area (TPSA) is 0 Å². The van der Waals surface area contributed by atoms with E-state index >= 15 is 0 Å². The van der Waals surface area contributed by atoms with Crippen LogP contribution >= 0.6 is 0 Å². The smallest absolute Gasteiger partial charge is 0.0105 e. The maximum Gasteiger partial charge on any atom is -0.0105 e. The van der Waals surface area contributed by atoms with E-state index in [1.807, 2.05) is 0 Å². The van der Waals surface area contributed by atoms with Crippen LogP contribution in [-0.4, -0.2) is 0 Å². The molecular formula is C16H12. The highest BCUT2D eigenvalue weighted by Crippen LogP contribution is 2.34. The summed E-state index contributed by atoms with van der Waals surface area (Å²) in [5.74, 6) is 0. The predicted molar refractivity (Wildman–Crippen MR) is 68.5 cm³/mol. The van der Waals surface area contributed by atoms with Crippen molar-refractivity contribution in [2.45, 2.75) is 0 Å². The Morgan fingerprint density at radius 1 is 0.375 bits per heavy atom. The summed E-state index contributed by atoms with van der Waals surface area (Å²) in [6, 6.07) is 25.5. The molecule has 3 rings (SSSR count). The first-order chi connectivity index (χ1) is 7.95. The van der Waals surface area contributed by atoms with Crippen LogP contribution in [0.3, 0.4) is 0 Å². The van der Waals surface area contributed by atoms with Gasteiger partial charge in [-0.1, -0.05) is 72.8 Å². The van der Waals surface area contributed by atoms with Crippen LogP contribution in [-0.2, 0) is 0 Å². The third kappa shape index (κ3) is 1.49. The molecule has 2 aliphatic carbocycles. The van der Waals surface area contributed by atoms with E-state index in [0.29, 0.717) is 0 Å². The molecule has 1 aromatic carbocycles. The number of fused-ring (bicyclic) bond motifs is 1. The van der Waals surface area contributed by atoms with E-state index in [4.69, 9.17) is 0 Å². The van der Waals surface area contributed by atoms with E-state index in [1.54, 1.807) is 0 Å². The van der Waals surface area contributed by atoms with Gasteiger partial charge in [0.15, 0.2) is 0 Å².